The van der Waals surface area contributed by atoms with Gasteiger partial charge in [0.15, 0.2) is 5.82 Å². The molecule has 4 rings (SSSR count). The van der Waals surface area contributed by atoms with E-state index < -0.39 is 0 Å². The molecule has 5 nitrogen and oxygen atoms in total. The minimum atomic E-state index is -0.227. The average molecular weight is 383 g/mol. The number of halogens is 1. The fraction of sp³-hybridized carbons (Fsp3) is 0.350. The number of thioether (sulfide) groups is 1. The summed E-state index contributed by atoms with van der Waals surface area (Å²) in [4.78, 5) is 2.40. The summed E-state index contributed by atoms with van der Waals surface area (Å²) >= 11 is 1.96. The van der Waals surface area contributed by atoms with E-state index in [-0.39, 0.29) is 11.9 Å². The maximum absolute atomic E-state index is 13.5. The number of aromatic nitrogens is 4. The lowest BCUT2D eigenvalue weighted by molar-refractivity contribution is 0.234. The van der Waals surface area contributed by atoms with Crippen LogP contribution in [0.4, 0.5) is 4.39 Å². The molecule has 2 aromatic carbocycles. The van der Waals surface area contributed by atoms with Gasteiger partial charge in [0.05, 0.1) is 6.04 Å². The Hall–Kier alpha value is -2.25. The van der Waals surface area contributed by atoms with E-state index in [2.05, 4.69) is 32.6 Å². The van der Waals surface area contributed by atoms with E-state index in [1.165, 1.54) is 17.7 Å². The molecular formula is C20H22FN5S. The zero-order valence-electron chi connectivity index (χ0n) is 15.0. The van der Waals surface area contributed by atoms with Gasteiger partial charge in [-0.15, -0.1) is 5.10 Å². The predicted octanol–water partition coefficient (Wildman–Crippen LogP) is 3.19. The van der Waals surface area contributed by atoms with Gasteiger partial charge in [0.2, 0.25) is 0 Å². The van der Waals surface area contributed by atoms with Crippen LogP contribution in [0.5, 0.6) is 0 Å². The number of hydrogen-bond acceptors (Lipinski definition) is 5. The standard InChI is InChI=1S/C20H22FN5S/c21-18-8-6-17(7-9-18)19(25-12-14-27-15-13-25)20-22-23-24-26(20)11-10-16-4-2-1-3-5-16/h1-9,19H,10-15H2/t19-/m0/s1. The molecule has 7 heteroatoms. The van der Waals surface area contributed by atoms with Gasteiger partial charge < -0.3 is 0 Å². The monoisotopic (exact) mass is 383 g/mol. The van der Waals surface area contributed by atoms with Crippen LogP contribution in [-0.2, 0) is 13.0 Å². The van der Waals surface area contributed by atoms with Gasteiger partial charge in [-0.25, -0.2) is 9.07 Å². The number of rotatable bonds is 6. The molecule has 1 fully saturated rings. The summed E-state index contributed by atoms with van der Waals surface area (Å²) in [6, 6.07) is 17.0. The Kier molecular flexibility index (Phi) is 5.79. The summed E-state index contributed by atoms with van der Waals surface area (Å²) in [7, 11) is 0. The molecule has 0 aliphatic carbocycles. The highest BCUT2D eigenvalue weighted by molar-refractivity contribution is 7.99. The fourth-order valence-electron chi connectivity index (χ4n) is 3.45. The molecule has 0 unspecified atom stereocenters. The van der Waals surface area contributed by atoms with Crippen LogP contribution in [0.1, 0.15) is 23.0 Å². The van der Waals surface area contributed by atoms with Gasteiger partial charge in [-0.2, -0.15) is 11.8 Å². The van der Waals surface area contributed by atoms with Gasteiger partial charge >= 0.3 is 0 Å². The van der Waals surface area contributed by atoms with Crippen LogP contribution in [0.15, 0.2) is 54.6 Å². The molecule has 0 N–H and O–H groups in total. The van der Waals surface area contributed by atoms with Crippen molar-refractivity contribution >= 4 is 11.8 Å². The molecular weight excluding hydrogens is 361 g/mol. The topological polar surface area (TPSA) is 46.8 Å². The van der Waals surface area contributed by atoms with Crippen molar-refractivity contribution in [3.05, 3.63) is 77.4 Å². The zero-order valence-corrected chi connectivity index (χ0v) is 15.9. The number of nitrogens with zero attached hydrogens (tertiary/aromatic N) is 5. The quantitative estimate of drug-likeness (QED) is 0.654. The molecule has 0 bridgehead atoms. The SMILES string of the molecule is Fc1ccc([C@@H](c2nnnn2CCc2ccccc2)N2CCSCC2)cc1. The average Bonchev–Trinajstić information content (AvgIpc) is 3.18. The molecule has 0 amide bonds. The minimum absolute atomic E-state index is 0.0581. The Morgan fingerprint density at radius 2 is 1.74 bits per heavy atom. The minimum Gasteiger partial charge on any atom is -0.288 e. The van der Waals surface area contributed by atoms with E-state index in [9.17, 15) is 4.39 Å². The highest BCUT2D eigenvalue weighted by Gasteiger charge is 2.29. The van der Waals surface area contributed by atoms with Crippen molar-refractivity contribution in [2.24, 2.45) is 0 Å². The van der Waals surface area contributed by atoms with Gasteiger partial charge in [0.25, 0.3) is 0 Å². The van der Waals surface area contributed by atoms with Gasteiger partial charge in [0.1, 0.15) is 5.82 Å². The Morgan fingerprint density at radius 3 is 2.48 bits per heavy atom. The molecule has 0 saturated carbocycles. The highest BCUT2D eigenvalue weighted by atomic mass is 32.2. The van der Waals surface area contributed by atoms with E-state index >= 15 is 0 Å². The second kappa shape index (κ2) is 8.63. The fourth-order valence-corrected chi connectivity index (χ4v) is 4.38. The molecule has 0 spiro atoms. The lowest BCUT2D eigenvalue weighted by Crippen LogP contribution is -2.38. The number of tetrazole rings is 1. The molecule has 1 aliphatic heterocycles. The van der Waals surface area contributed by atoms with Crippen molar-refractivity contribution in [3.8, 4) is 0 Å². The second-order valence-electron chi connectivity index (χ2n) is 6.60. The van der Waals surface area contributed by atoms with E-state index in [0.29, 0.717) is 6.54 Å². The van der Waals surface area contributed by atoms with Crippen molar-refractivity contribution in [2.45, 2.75) is 19.0 Å². The summed E-state index contributed by atoms with van der Waals surface area (Å²) in [5.41, 5.74) is 2.28. The van der Waals surface area contributed by atoms with Crippen LogP contribution in [-0.4, -0.2) is 49.7 Å². The lowest BCUT2D eigenvalue weighted by atomic mass is 10.0. The molecule has 1 saturated heterocycles. The van der Waals surface area contributed by atoms with Gasteiger partial charge in [-0.3, -0.25) is 4.90 Å². The van der Waals surface area contributed by atoms with Gasteiger partial charge in [-0.05, 0) is 40.1 Å². The number of hydrogen-bond donors (Lipinski definition) is 0. The molecule has 0 radical (unpaired) electrons. The van der Waals surface area contributed by atoms with Crippen LogP contribution in [0.2, 0.25) is 0 Å². The first kappa shape index (κ1) is 18.1. The van der Waals surface area contributed by atoms with Crippen molar-refractivity contribution in [1.82, 2.24) is 25.1 Å². The van der Waals surface area contributed by atoms with E-state index in [0.717, 1.165) is 42.4 Å². The van der Waals surface area contributed by atoms with Gasteiger partial charge in [-0.1, -0.05) is 42.5 Å². The first-order valence-electron chi connectivity index (χ1n) is 9.18. The van der Waals surface area contributed by atoms with Crippen molar-refractivity contribution in [1.29, 1.82) is 0 Å². The summed E-state index contributed by atoms with van der Waals surface area (Å²) in [5, 5.41) is 12.6. The Labute approximate surface area is 162 Å². The van der Waals surface area contributed by atoms with Crippen molar-refractivity contribution in [3.63, 3.8) is 0 Å². The van der Waals surface area contributed by atoms with Crippen LogP contribution in [0.25, 0.3) is 0 Å². The van der Waals surface area contributed by atoms with Crippen molar-refractivity contribution in [2.75, 3.05) is 24.6 Å². The Bertz CT molecular complexity index is 846. The molecule has 2 heterocycles. The number of aryl methyl sites for hydroxylation is 2. The summed E-state index contributed by atoms with van der Waals surface area (Å²) < 4.78 is 15.4. The summed E-state index contributed by atoms with van der Waals surface area (Å²) in [6.07, 6.45) is 0.866. The summed E-state index contributed by atoms with van der Waals surface area (Å²) in [6.45, 7) is 2.66. The van der Waals surface area contributed by atoms with E-state index in [1.54, 1.807) is 0 Å². The lowest BCUT2D eigenvalue weighted by Gasteiger charge is -2.33. The normalized spacial score (nSPS) is 16.3. The zero-order chi connectivity index (χ0) is 18.5. The molecule has 1 aliphatic rings. The smallest absolute Gasteiger partial charge is 0.173 e. The first-order valence-corrected chi connectivity index (χ1v) is 10.3. The van der Waals surface area contributed by atoms with Gasteiger partial charge in [0, 0.05) is 31.1 Å². The second-order valence-corrected chi connectivity index (χ2v) is 7.82. The third-order valence-electron chi connectivity index (χ3n) is 4.86. The summed E-state index contributed by atoms with van der Waals surface area (Å²) in [5.74, 6) is 2.77. The van der Waals surface area contributed by atoms with Crippen LogP contribution in [0, 0.1) is 5.82 Å². The third kappa shape index (κ3) is 4.36. The van der Waals surface area contributed by atoms with E-state index in [4.69, 9.17) is 0 Å². The molecule has 1 aromatic heterocycles. The van der Waals surface area contributed by atoms with Crippen LogP contribution < -0.4 is 0 Å². The molecule has 3 aromatic rings. The van der Waals surface area contributed by atoms with Crippen LogP contribution in [0.3, 0.4) is 0 Å². The molecule has 27 heavy (non-hydrogen) atoms. The Morgan fingerprint density at radius 1 is 1.00 bits per heavy atom. The first-order chi connectivity index (χ1) is 13.3. The maximum atomic E-state index is 13.5. The molecule has 140 valence electrons. The van der Waals surface area contributed by atoms with Crippen molar-refractivity contribution < 1.29 is 4.39 Å². The molecule has 1 atom stereocenters. The largest absolute Gasteiger partial charge is 0.288 e. The predicted molar refractivity (Wildman–Crippen MR) is 105 cm³/mol. The maximum Gasteiger partial charge on any atom is 0.173 e. The van der Waals surface area contributed by atoms with E-state index in [1.807, 2.05) is 46.8 Å². The Balaban J connectivity index is 1.62. The number of benzene rings is 2. The third-order valence-corrected chi connectivity index (χ3v) is 5.80. The highest BCUT2D eigenvalue weighted by Crippen LogP contribution is 2.29. The van der Waals surface area contributed by atoms with Crippen LogP contribution >= 0.6 is 11.8 Å².